The van der Waals surface area contributed by atoms with E-state index in [-0.39, 0.29) is 12.4 Å². The fourth-order valence-electron chi connectivity index (χ4n) is 6.21. The van der Waals surface area contributed by atoms with Crippen LogP contribution in [0.25, 0.3) is 0 Å². The maximum absolute atomic E-state index is 9.61. The lowest BCUT2D eigenvalue weighted by atomic mass is 9.55. The van der Waals surface area contributed by atoms with Crippen LogP contribution in [0.15, 0.2) is 29.4 Å². The second kappa shape index (κ2) is 5.49. The predicted octanol–water partition coefficient (Wildman–Crippen LogP) is 4.04. The first kappa shape index (κ1) is 15.5. The molecule has 0 spiro atoms. The smallest absolute Gasteiger partial charge is 0.0639 e. The summed E-state index contributed by atoms with van der Waals surface area (Å²) in [6.45, 7) is 2.39. The van der Waals surface area contributed by atoms with E-state index >= 15 is 0 Å². The van der Waals surface area contributed by atoms with Crippen molar-refractivity contribution in [1.82, 2.24) is 4.90 Å². The normalized spacial score (nSPS) is 42.7. The molecule has 23 heavy (non-hydrogen) atoms. The zero-order valence-corrected chi connectivity index (χ0v) is 14.4. The Kier molecular flexibility index (Phi) is 3.69. The van der Waals surface area contributed by atoms with E-state index in [0.29, 0.717) is 24.0 Å². The monoisotopic (exact) mass is 332 g/mol. The molecule has 1 saturated heterocycles. The Labute approximate surface area is 144 Å². The molecule has 6 atom stereocenters. The summed E-state index contributed by atoms with van der Waals surface area (Å²) in [5.41, 5.74) is 4.05. The first-order valence-corrected chi connectivity index (χ1v) is 8.85. The summed E-state index contributed by atoms with van der Waals surface area (Å²) < 4.78 is 0. The van der Waals surface area contributed by atoms with Crippen molar-refractivity contribution in [2.24, 2.45) is 22.9 Å². The minimum atomic E-state index is 0. The molecule has 124 valence electrons. The van der Waals surface area contributed by atoms with Crippen LogP contribution in [0, 0.1) is 17.8 Å². The predicted molar refractivity (Wildman–Crippen MR) is 93.4 cm³/mol. The van der Waals surface area contributed by atoms with E-state index in [9.17, 15) is 5.21 Å². The third-order valence-electron chi connectivity index (χ3n) is 6.95. The zero-order chi connectivity index (χ0) is 14.8. The van der Waals surface area contributed by atoms with Crippen LogP contribution in [-0.2, 0) is 6.42 Å². The van der Waals surface area contributed by atoms with Gasteiger partial charge in [0, 0.05) is 30.5 Å². The van der Waals surface area contributed by atoms with Crippen molar-refractivity contribution < 1.29 is 5.21 Å². The summed E-state index contributed by atoms with van der Waals surface area (Å²) in [7, 11) is 0. The van der Waals surface area contributed by atoms with E-state index in [0.717, 1.165) is 24.0 Å². The van der Waals surface area contributed by atoms with Crippen LogP contribution in [0.3, 0.4) is 0 Å². The summed E-state index contributed by atoms with van der Waals surface area (Å²) >= 11 is 0. The molecule has 1 aromatic carbocycles. The van der Waals surface area contributed by atoms with Crippen molar-refractivity contribution in [2.75, 3.05) is 0 Å². The Hall–Kier alpha value is -1.06. The van der Waals surface area contributed by atoms with E-state index < -0.39 is 0 Å². The van der Waals surface area contributed by atoms with E-state index in [4.69, 9.17) is 0 Å². The molecule has 2 aliphatic carbocycles. The van der Waals surface area contributed by atoms with Gasteiger partial charge in [0.15, 0.2) is 0 Å². The summed E-state index contributed by atoms with van der Waals surface area (Å²) in [5, 5.41) is 13.4. The zero-order valence-electron chi connectivity index (χ0n) is 13.6. The third-order valence-corrected chi connectivity index (χ3v) is 6.95. The minimum absolute atomic E-state index is 0. The molecular weight excluding hydrogens is 308 g/mol. The van der Waals surface area contributed by atoms with Crippen molar-refractivity contribution in [1.29, 1.82) is 0 Å². The van der Waals surface area contributed by atoms with E-state index in [1.165, 1.54) is 36.8 Å². The van der Waals surface area contributed by atoms with Gasteiger partial charge in [-0.2, -0.15) is 0 Å². The van der Waals surface area contributed by atoms with E-state index in [2.05, 4.69) is 41.2 Å². The highest BCUT2D eigenvalue weighted by atomic mass is 35.5. The lowest BCUT2D eigenvalue weighted by molar-refractivity contribution is -0.0794. The Bertz CT molecular complexity index is 646. The van der Waals surface area contributed by atoms with Crippen molar-refractivity contribution in [3.63, 3.8) is 0 Å². The quantitative estimate of drug-likeness (QED) is 0.575. The number of oxime groups is 1. The van der Waals surface area contributed by atoms with Gasteiger partial charge < -0.3 is 5.21 Å². The molecule has 0 bridgehead atoms. The third kappa shape index (κ3) is 1.96. The number of fused-ring (bicyclic) bond motifs is 8. The average molecular weight is 333 g/mol. The van der Waals surface area contributed by atoms with E-state index in [1.807, 2.05) is 0 Å². The molecule has 2 aliphatic heterocycles. The number of benzene rings is 1. The fraction of sp³-hybridized carbons (Fsp3) is 0.632. The topological polar surface area (TPSA) is 35.8 Å². The van der Waals surface area contributed by atoms with Gasteiger partial charge in [0.1, 0.15) is 0 Å². The first-order chi connectivity index (χ1) is 10.8. The first-order valence-electron chi connectivity index (χ1n) is 8.85. The van der Waals surface area contributed by atoms with Crippen LogP contribution in [-0.4, -0.2) is 27.9 Å². The molecule has 0 radical (unpaired) electrons. The van der Waals surface area contributed by atoms with Gasteiger partial charge in [0.05, 0.1) is 5.71 Å². The maximum atomic E-state index is 9.61. The van der Waals surface area contributed by atoms with Crippen LogP contribution in [0.5, 0.6) is 0 Å². The largest absolute Gasteiger partial charge is 0.411 e. The van der Waals surface area contributed by atoms with Crippen LogP contribution < -0.4 is 0 Å². The van der Waals surface area contributed by atoms with Gasteiger partial charge in [-0.15, -0.1) is 12.4 Å². The molecule has 3 fully saturated rings. The highest BCUT2D eigenvalue weighted by molar-refractivity contribution is 5.90. The Morgan fingerprint density at radius 3 is 2.74 bits per heavy atom. The summed E-state index contributed by atoms with van der Waals surface area (Å²) in [6, 6.07) is 10.5. The molecule has 3 nitrogen and oxygen atoms in total. The van der Waals surface area contributed by atoms with Crippen LogP contribution in [0.2, 0.25) is 0 Å². The van der Waals surface area contributed by atoms with Gasteiger partial charge in [0.2, 0.25) is 0 Å². The maximum Gasteiger partial charge on any atom is 0.0639 e. The standard InChI is InChI=1S/C19H24N2O.ClH/c1-11-9-12-5-2-3-6-13(12)17-10-16(20-22)18-14-7-4-8-15(14)19(18)21(11)17;/h2-3,5-6,11,14-15,17-19,22H,4,7-10H2,1H3;1H. The van der Waals surface area contributed by atoms with Crippen molar-refractivity contribution in [2.45, 2.75) is 57.2 Å². The van der Waals surface area contributed by atoms with Crippen molar-refractivity contribution in [3.8, 4) is 0 Å². The Morgan fingerprint density at radius 1 is 1.13 bits per heavy atom. The molecule has 1 N–H and O–H groups in total. The van der Waals surface area contributed by atoms with Crippen LogP contribution >= 0.6 is 12.4 Å². The fourth-order valence-corrected chi connectivity index (χ4v) is 6.21. The molecular formula is C19H25ClN2O. The van der Waals surface area contributed by atoms with Crippen molar-refractivity contribution >= 4 is 18.1 Å². The lowest BCUT2D eigenvalue weighted by Crippen LogP contribution is -2.67. The molecule has 4 aliphatic rings. The highest BCUT2D eigenvalue weighted by Crippen LogP contribution is 2.60. The van der Waals surface area contributed by atoms with Gasteiger partial charge in [-0.25, -0.2) is 0 Å². The lowest BCUT2D eigenvalue weighted by Gasteiger charge is -2.62. The number of piperidine rings is 1. The molecule has 1 aromatic rings. The average Bonchev–Trinajstić information content (AvgIpc) is 2.94. The number of halogens is 1. The van der Waals surface area contributed by atoms with Crippen LogP contribution in [0.1, 0.15) is 49.8 Å². The number of hydrogen-bond acceptors (Lipinski definition) is 3. The second-order valence-corrected chi connectivity index (χ2v) is 7.79. The SMILES string of the molecule is CC1Cc2ccccc2C2CC(=NO)C3C4CCCC4C3N12.Cl. The van der Waals surface area contributed by atoms with Gasteiger partial charge in [0.25, 0.3) is 0 Å². The molecule has 0 amide bonds. The van der Waals surface area contributed by atoms with Gasteiger partial charge in [-0.05, 0) is 49.1 Å². The molecule has 4 heteroatoms. The Balaban J connectivity index is 0.00000135. The number of rotatable bonds is 0. The van der Waals surface area contributed by atoms with Gasteiger partial charge in [-0.1, -0.05) is 35.8 Å². The second-order valence-electron chi connectivity index (χ2n) is 7.79. The molecule has 6 unspecified atom stereocenters. The molecule has 2 heterocycles. The van der Waals surface area contributed by atoms with Gasteiger partial charge in [-0.3, -0.25) is 4.90 Å². The molecule has 2 saturated carbocycles. The van der Waals surface area contributed by atoms with Crippen molar-refractivity contribution in [3.05, 3.63) is 35.4 Å². The number of hydrogen-bond donors (Lipinski definition) is 1. The summed E-state index contributed by atoms with van der Waals surface area (Å²) in [5.74, 6) is 2.17. The summed E-state index contributed by atoms with van der Waals surface area (Å²) in [4.78, 5) is 2.80. The molecule has 0 aromatic heterocycles. The van der Waals surface area contributed by atoms with Gasteiger partial charge >= 0.3 is 0 Å². The van der Waals surface area contributed by atoms with E-state index in [1.54, 1.807) is 0 Å². The Morgan fingerprint density at radius 2 is 1.91 bits per heavy atom. The number of nitrogens with zero attached hydrogens (tertiary/aromatic N) is 2. The van der Waals surface area contributed by atoms with Crippen LogP contribution in [0.4, 0.5) is 0 Å². The summed E-state index contributed by atoms with van der Waals surface area (Å²) in [6.07, 6.45) is 6.17. The minimum Gasteiger partial charge on any atom is -0.411 e. The highest BCUT2D eigenvalue weighted by Gasteiger charge is 2.61. The molecule has 5 rings (SSSR count).